The second-order valence-electron chi connectivity index (χ2n) is 7.83. The van der Waals surface area contributed by atoms with Crippen LogP contribution in [-0.4, -0.2) is 35.8 Å². The van der Waals surface area contributed by atoms with Gasteiger partial charge in [0.05, 0.1) is 15.1 Å². The van der Waals surface area contributed by atoms with E-state index in [0.29, 0.717) is 24.2 Å². The van der Waals surface area contributed by atoms with Crippen molar-refractivity contribution in [3.8, 4) is 0 Å². The Morgan fingerprint density at radius 3 is 2.50 bits per heavy atom. The van der Waals surface area contributed by atoms with Crippen molar-refractivity contribution in [1.82, 2.24) is 8.87 Å². The molecule has 1 aliphatic rings. The molecule has 6 nitrogen and oxygen atoms in total. The second-order valence-corrected chi connectivity index (χ2v) is 10.7. The van der Waals surface area contributed by atoms with E-state index in [4.69, 9.17) is 0 Å². The van der Waals surface area contributed by atoms with Gasteiger partial charge < -0.3 is 4.57 Å². The molecule has 30 heavy (non-hydrogen) atoms. The zero-order chi connectivity index (χ0) is 21.6. The average Bonchev–Trinajstić information content (AvgIpc) is 3.32. The van der Waals surface area contributed by atoms with Crippen molar-refractivity contribution in [2.24, 2.45) is 12.0 Å². The fraction of sp³-hybridized carbons (Fsp3) is 0.364. The Kier molecular flexibility index (Phi) is 5.42. The number of fused-ring (bicyclic) bond motifs is 1. The molecule has 1 aromatic heterocycles. The molecular formula is C22H25N3O3S2. The highest BCUT2D eigenvalue weighted by molar-refractivity contribution is 7.89. The molecule has 0 bridgehead atoms. The molecule has 1 amide bonds. The molecule has 0 spiro atoms. The predicted octanol–water partition coefficient (Wildman–Crippen LogP) is 3.45. The van der Waals surface area contributed by atoms with Crippen molar-refractivity contribution in [3.05, 3.63) is 57.9 Å². The Morgan fingerprint density at radius 2 is 1.80 bits per heavy atom. The van der Waals surface area contributed by atoms with Gasteiger partial charge in [0.1, 0.15) is 6.04 Å². The molecule has 1 aliphatic heterocycles. The van der Waals surface area contributed by atoms with E-state index in [1.165, 1.54) is 21.2 Å². The van der Waals surface area contributed by atoms with E-state index in [0.717, 1.165) is 21.3 Å². The van der Waals surface area contributed by atoms with Gasteiger partial charge in [-0.15, -0.1) is 0 Å². The lowest BCUT2D eigenvalue weighted by Crippen LogP contribution is -2.40. The molecule has 8 heteroatoms. The third-order valence-electron chi connectivity index (χ3n) is 5.81. The van der Waals surface area contributed by atoms with Crippen LogP contribution in [0.1, 0.15) is 29.5 Å². The van der Waals surface area contributed by atoms with Crippen molar-refractivity contribution in [2.45, 2.75) is 44.6 Å². The molecule has 3 aromatic rings. The summed E-state index contributed by atoms with van der Waals surface area (Å²) in [6.45, 7) is 6.36. The summed E-state index contributed by atoms with van der Waals surface area (Å²) in [5.41, 5.74) is 4.38. The maximum Gasteiger partial charge on any atom is 0.266 e. The minimum Gasteiger partial charge on any atom is -0.319 e. The molecule has 1 fully saturated rings. The summed E-state index contributed by atoms with van der Waals surface area (Å²) in [7, 11) is -1.84. The van der Waals surface area contributed by atoms with E-state index < -0.39 is 22.0 Å². The maximum atomic E-state index is 13.1. The molecule has 4 rings (SSSR count). The quantitative estimate of drug-likeness (QED) is 0.622. The van der Waals surface area contributed by atoms with Crippen LogP contribution < -0.4 is 4.80 Å². The molecular weight excluding hydrogens is 418 g/mol. The van der Waals surface area contributed by atoms with Crippen LogP contribution in [0, 0.1) is 20.8 Å². The van der Waals surface area contributed by atoms with Crippen molar-refractivity contribution in [2.75, 3.05) is 6.54 Å². The zero-order valence-corrected chi connectivity index (χ0v) is 19.2. The second kappa shape index (κ2) is 7.76. The lowest BCUT2D eigenvalue weighted by Gasteiger charge is -2.21. The minimum absolute atomic E-state index is 0.214. The lowest BCUT2D eigenvalue weighted by atomic mass is 10.1. The Hall–Kier alpha value is -2.29. The zero-order valence-electron chi connectivity index (χ0n) is 17.5. The maximum absolute atomic E-state index is 13.1. The van der Waals surface area contributed by atoms with Crippen LogP contribution in [-0.2, 0) is 21.9 Å². The fourth-order valence-corrected chi connectivity index (χ4v) is 6.66. The first-order chi connectivity index (χ1) is 14.2. The van der Waals surface area contributed by atoms with Gasteiger partial charge in [-0.3, -0.25) is 4.79 Å². The van der Waals surface area contributed by atoms with Gasteiger partial charge in [0, 0.05) is 13.6 Å². The molecule has 0 radical (unpaired) electrons. The first-order valence-corrected chi connectivity index (χ1v) is 12.2. The van der Waals surface area contributed by atoms with Gasteiger partial charge in [0.15, 0.2) is 4.80 Å². The number of rotatable bonds is 3. The topological polar surface area (TPSA) is 71.7 Å². The number of aryl methyl sites for hydroxylation is 4. The average molecular weight is 444 g/mol. The van der Waals surface area contributed by atoms with E-state index >= 15 is 0 Å². The van der Waals surface area contributed by atoms with E-state index in [1.54, 1.807) is 24.3 Å². The van der Waals surface area contributed by atoms with Gasteiger partial charge in [0.2, 0.25) is 10.0 Å². The van der Waals surface area contributed by atoms with Crippen LogP contribution in [0.5, 0.6) is 0 Å². The predicted molar refractivity (Wildman–Crippen MR) is 119 cm³/mol. The summed E-state index contributed by atoms with van der Waals surface area (Å²) in [6, 6.07) is 10.1. The van der Waals surface area contributed by atoms with Crippen LogP contribution in [0.25, 0.3) is 10.2 Å². The number of amides is 1. The molecule has 158 valence electrons. The van der Waals surface area contributed by atoms with Gasteiger partial charge in [-0.2, -0.15) is 9.30 Å². The standard InChI is InChI=1S/C22H25N3O3S2/c1-14-7-10-17(11-8-14)30(27,28)25-13-5-6-18(25)21(26)23-22-24(4)20-16(3)15(2)9-12-19(20)29-22/h7-12,18H,5-6,13H2,1-4H3. The number of benzene rings is 2. The van der Waals surface area contributed by atoms with Crippen LogP contribution in [0.3, 0.4) is 0 Å². The summed E-state index contributed by atoms with van der Waals surface area (Å²) in [6.07, 6.45) is 1.13. The van der Waals surface area contributed by atoms with E-state index in [1.807, 2.05) is 24.6 Å². The fourth-order valence-electron chi connectivity index (χ4n) is 3.92. The van der Waals surface area contributed by atoms with Gasteiger partial charge in [0.25, 0.3) is 5.91 Å². The summed E-state index contributed by atoms with van der Waals surface area (Å²) < 4.78 is 30.6. The highest BCUT2D eigenvalue weighted by Crippen LogP contribution is 2.27. The Labute approximate surface area is 180 Å². The molecule has 2 heterocycles. The highest BCUT2D eigenvalue weighted by Gasteiger charge is 2.39. The van der Waals surface area contributed by atoms with Crippen LogP contribution in [0.4, 0.5) is 0 Å². The first kappa shape index (κ1) is 21.0. The van der Waals surface area contributed by atoms with Gasteiger partial charge in [-0.25, -0.2) is 8.42 Å². The van der Waals surface area contributed by atoms with E-state index in [2.05, 4.69) is 24.9 Å². The van der Waals surface area contributed by atoms with Crippen LogP contribution >= 0.6 is 11.3 Å². The van der Waals surface area contributed by atoms with Crippen molar-refractivity contribution >= 4 is 37.5 Å². The van der Waals surface area contributed by atoms with Crippen LogP contribution in [0.15, 0.2) is 46.3 Å². The minimum atomic E-state index is -3.74. The first-order valence-electron chi connectivity index (χ1n) is 9.93. The Bertz CT molecular complexity index is 1300. The molecule has 2 aromatic carbocycles. The normalized spacial score (nSPS) is 18.4. The third-order valence-corrected chi connectivity index (χ3v) is 8.83. The number of hydrogen-bond acceptors (Lipinski definition) is 4. The lowest BCUT2D eigenvalue weighted by molar-refractivity contribution is -0.121. The summed E-state index contributed by atoms with van der Waals surface area (Å²) in [4.78, 5) is 18.2. The summed E-state index contributed by atoms with van der Waals surface area (Å²) >= 11 is 1.45. The van der Waals surface area contributed by atoms with E-state index in [9.17, 15) is 13.2 Å². The van der Waals surface area contributed by atoms with Crippen molar-refractivity contribution < 1.29 is 13.2 Å². The summed E-state index contributed by atoms with van der Waals surface area (Å²) in [5, 5.41) is 0. The van der Waals surface area contributed by atoms with Gasteiger partial charge in [-0.05, 0) is 62.9 Å². The van der Waals surface area contributed by atoms with Gasteiger partial charge >= 0.3 is 0 Å². The Balaban J connectivity index is 1.71. The van der Waals surface area contributed by atoms with Crippen molar-refractivity contribution in [1.29, 1.82) is 0 Å². The van der Waals surface area contributed by atoms with Crippen molar-refractivity contribution in [3.63, 3.8) is 0 Å². The number of hydrogen-bond donors (Lipinski definition) is 0. The number of thiazole rings is 1. The number of aromatic nitrogens is 1. The molecule has 0 saturated carbocycles. The highest BCUT2D eigenvalue weighted by atomic mass is 32.2. The summed E-state index contributed by atoms with van der Waals surface area (Å²) in [5.74, 6) is -0.403. The Morgan fingerprint density at radius 1 is 1.10 bits per heavy atom. The number of nitrogens with zero attached hydrogens (tertiary/aromatic N) is 3. The smallest absolute Gasteiger partial charge is 0.266 e. The molecule has 0 aliphatic carbocycles. The number of carbonyl (C=O) groups is 1. The largest absolute Gasteiger partial charge is 0.319 e. The van der Waals surface area contributed by atoms with E-state index in [-0.39, 0.29) is 4.90 Å². The number of sulfonamides is 1. The SMILES string of the molecule is Cc1ccc(S(=O)(=O)N2CCCC2C(=O)N=c2sc3ccc(C)c(C)c3n2C)cc1. The van der Waals surface area contributed by atoms with Crippen LogP contribution in [0.2, 0.25) is 0 Å². The molecule has 0 N–H and O–H groups in total. The molecule has 1 saturated heterocycles. The molecule has 1 atom stereocenters. The molecule has 1 unspecified atom stereocenters. The van der Waals surface area contributed by atoms with Gasteiger partial charge in [-0.1, -0.05) is 35.1 Å². The monoisotopic (exact) mass is 443 g/mol. The third kappa shape index (κ3) is 3.53. The number of carbonyl (C=O) groups excluding carboxylic acids is 1.